The van der Waals surface area contributed by atoms with Crippen molar-refractivity contribution in [1.82, 2.24) is 4.98 Å². The number of rotatable bonds is 5. The SMILES string of the molecule is COc1ccc(OC)c(NC(=O)c2cccc(N3CCCC3)n2)c1. The molecule has 2 aromatic rings. The molecule has 2 heterocycles. The maximum absolute atomic E-state index is 12.6. The molecular weight excluding hydrogens is 306 g/mol. The van der Waals surface area contributed by atoms with Crippen molar-refractivity contribution in [1.29, 1.82) is 0 Å². The summed E-state index contributed by atoms with van der Waals surface area (Å²) < 4.78 is 10.5. The van der Waals surface area contributed by atoms with Crippen LogP contribution in [0.25, 0.3) is 0 Å². The Morgan fingerprint density at radius 1 is 1.12 bits per heavy atom. The molecule has 0 unspecified atom stereocenters. The van der Waals surface area contributed by atoms with E-state index in [1.807, 2.05) is 12.1 Å². The monoisotopic (exact) mass is 327 g/mol. The molecule has 1 fully saturated rings. The molecule has 1 aliphatic heterocycles. The quantitative estimate of drug-likeness (QED) is 0.915. The zero-order valence-electron chi connectivity index (χ0n) is 13.9. The van der Waals surface area contributed by atoms with E-state index >= 15 is 0 Å². The molecule has 0 spiro atoms. The summed E-state index contributed by atoms with van der Waals surface area (Å²) >= 11 is 0. The fourth-order valence-corrected chi connectivity index (χ4v) is 2.77. The van der Waals surface area contributed by atoms with Crippen molar-refractivity contribution in [2.24, 2.45) is 0 Å². The van der Waals surface area contributed by atoms with Gasteiger partial charge in [-0.05, 0) is 37.1 Å². The third-order valence-corrected chi connectivity index (χ3v) is 4.05. The molecule has 3 rings (SSSR count). The molecular formula is C18H21N3O3. The van der Waals surface area contributed by atoms with Crippen LogP contribution in [-0.4, -0.2) is 38.2 Å². The molecule has 126 valence electrons. The molecule has 0 saturated carbocycles. The lowest BCUT2D eigenvalue weighted by Crippen LogP contribution is -2.21. The third kappa shape index (κ3) is 3.42. The van der Waals surface area contributed by atoms with Crippen molar-refractivity contribution in [2.75, 3.05) is 37.5 Å². The van der Waals surface area contributed by atoms with Crippen molar-refractivity contribution in [3.05, 3.63) is 42.1 Å². The van der Waals surface area contributed by atoms with E-state index in [0.29, 0.717) is 22.9 Å². The molecule has 0 bridgehead atoms. The number of nitrogens with zero attached hydrogens (tertiary/aromatic N) is 2. The van der Waals surface area contributed by atoms with Gasteiger partial charge in [0, 0.05) is 19.2 Å². The summed E-state index contributed by atoms with van der Waals surface area (Å²) in [6.07, 6.45) is 2.33. The number of methoxy groups -OCH3 is 2. The maximum atomic E-state index is 12.6. The van der Waals surface area contributed by atoms with Gasteiger partial charge < -0.3 is 19.7 Å². The molecule has 1 amide bonds. The van der Waals surface area contributed by atoms with Gasteiger partial charge in [0.15, 0.2) is 0 Å². The lowest BCUT2D eigenvalue weighted by Gasteiger charge is -2.17. The Balaban J connectivity index is 1.81. The molecule has 1 saturated heterocycles. The number of carbonyl (C=O) groups is 1. The predicted molar refractivity (Wildman–Crippen MR) is 93.2 cm³/mol. The molecule has 0 atom stereocenters. The highest BCUT2D eigenvalue weighted by Crippen LogP contribution is 2.29. The van der Waals surface area contributed by atoms with E-state index < -0.39 is 0 Å². The van der Waals surface area contributed by atoms with Crippen molar-refractivity contribution in [2.45, 2.75) is 12.8 Å². The van der Waals surface area contributed by atoms with E-state index in [2.05, 4.69) is 15.2 Å². The van der Waals surface area contributed by atoms with Gasteiger partial charge in [0.25, 0.3) is 5.91 Å². The van der Waals surface area contributed by atoms with Crippen molar-refractivity contribution >= 4 is 17.4 Å². The first-order valence-corrected chi connectivity index (χ1v) is 7.96. The number of pyridine rings is 1. The smallest absolute Gasteiger partial charge is 0.274 e. The van der Waals surface area contributed by atoms with Crippen LogP contribution in [0.15, 0.2) is 36.4 Å². The lowest BCUT2D eigenvalue weighted by molar-refractivity contribution is 0.102. The van der Waals surface area contributed by atoms with E-state index in [0.717, 1.165) is 18.9 Å². The highest BCUT2D eigenvalue weighted by atomic mass is 16.5. The van der Waals surface area contributed by atoms with E-state index in [9.17, 15) is 4.79 Å². The first-order chi connectivity index (χ1) is 11.7. The topological polar surface area (TPSA) is 63.7 Å². The Bertz CT molecular complexity index is 727. The molecule has 1 aromatic carbocycles. The van der Waals surface area contributed by atoms with Gasteiger partial charge >= 0.3 is 0 Å². The summed E-state index contributed by atoms with van der Waals surface area (Å²) in [5.41, 5.74) is 0.930. The minimum absolute atomic E-state index is 0.275. The maximum Gasteiger partial charge on any atom is 0.274 e. The second kappa shape index (κ2) is 7.21. The van der Waals surface area contributed by atoms with Crippen LogP contribution < -0.4 is 19.7 Å². The zero-order chi connectivity index (χ0) is 16.9. The molecule has 6 heteroatoms. The van der Waals surface area contributed by atoms with E-state index in [1.165, 1.54) is 12.8 Å². The molecule has 1 aliphatic rings. The number of anilines is 2. The third-order valence-electron chi connectivity index (χ3n) is 4.05. The second-order valence-corrected chi connectivity index (χ2v) is 5.60. The minimum Gasteiger partial charge on any atom is -0.497 e. The standard InChI is InChI=1S/C18H21N3O3/c1-23-13-8-9-16(24-2)15(12-13)20-18(22)14-6-5-7-17(19-14)21-10-3-4-11-21/h5-9,12H,3-4,10-11H2,1-2H3,(H,20,22). The Morgan fingerprint density at radius 2 is 1.92 bits per heavy atom. The molecule has 1 N–H and O–H groups in total. The molecule has 0 radical (unpaired) electrons. The van der Waals surface area contributed by atoms with Crippen molar-refractivity contribution < 1.29 is 14.3 Å². The fraction of sp³-hybridized carbons (Fsp3) is 0.333. The van der Waals surface area contributed by atoms with Crippen LogP contribution in [0.4, 0.5) is 11.5 Å². The Labute approximate surface area is 141 Å². The van der Waals surface area contributed by atoms with Gasteiger partial charge in [-0.3, -0.25) is 4.79 Å². The molecule has 1 aromatic heterocycles. The number of aromatic nitrogens is 1. The highest BCUT2D eigenvalue weighted by Gasteiger charge is 2.16. The van der Waals surface area contributed by atoms with Crippen molar-refractivity contribution in [3.8, 4) is 11.5 Å². The van der Waals surface area contributed by atoms with Crippen LogP contribution in [0.5, 0.6) is 11.5 Å². The van der Waals surface area contributed by atoms with Gasteiger partial charge in [-0.25, -0.2) is 4.98 Å². The van der Waals surface area contributed by atoms with Crippen LogP contribution >= 0.6 is 0 Å². The first-order valence-electron chi connectivity index (χ1n) is 7.96. The first kappa shape index (κ1) is 16.1. The molecule has 24 heavy (non-hydrogen) atoms. The predicted octanol–water partition coefficient (Wildman–Crippen LogP) is 2.95. The van der Waals surface area contributed by atoms with Gasteiger partial charge in [0.2, 0.25) is 0 Å². The number of ether oxygens (including phenoxy) is 2. The van der Waals surface area contributed by atoms with Crippen LogP contribution in [0.2, 0.25) is 0 Å². The minimum atomic E-state index is -0.275. The second-order valence-electron chi connectivity index (χ2n) is 5.60. The van der Waals surface area contributed by atoms with E-state index in [1.54, 1.807) is 38.5 Å². The average molecular weight is 327 g/mol. The van der Waals surface area contributed by atoms with Gasteiger partial charge in [-0.15, -0.1) is 0 Å². The van der Waals surface area contributed by atoms with Crippen LogP contribution in [0.3, 0.4) is 0 Å². The number of hydrogen-bond donors (Lipinski definition) is 1. The summed E-state index contributed by atoms with van der Waals surface area (Å²) in [4.78, 5) is 19.2. The number of carbonyl (C=O) groups excluding carboxylic acids is 1. The van der Waals surface area contributed by atoms with Gasteiger partial charge in [-0.2, -0.15) is 0 Å². The van der Waals surface area contributed by atoms with Gasteiger partial charge in [0.05, 0.1) is 19.9 Å². The Hall–Kier alpha value is -2.76. The number of benzene rings is 1. The van der Waals surface area contributed by atoms with Gasteiger partial charge in [-0.1, -0.05) is 6.07 Å². The molecule has 0 aliphatic carbocycles. The largest absolute Gasteiger partial charge is 0.497 e. The molecule has 6 nitrogen and oxygen atoms in total. The number of hydrogen-bond acceptors (Lipinski definition) is 5. The summed E-state index contributed by atoms with van der Waals surface area (Å²) in [6, 6.07) is 10.8. The summed E-state index contributed by atoms with van der Waals surface area (Å²) in [5.74, 6) is 1.78. The normalized spacial score (nSPS) is 13.7. The van der Waals surface area contributed by atoms with Crippen LogP contribution in [0, 0.1) is 0 Å². The summed E-state index contributed by atoms with van der Waals surface area (Å²) in [5, 5.41) is 2.85. The van der Waals surface area contributed by atoms with E-state index in [4.69, 9.17) is 9.47 Å². The van der Waals surface area contributed by atoms with Crippen LogP contribution in [0.1, 0.15) is 23.3 Å². The van der Waals surface area contributed by atoms with Crippen molar-refractivity contribution in [3.63, 3.8) is 0 Å². The van der Waals surface area contributed by atoms with Gasteiger partial charge in [0.1, 0.15) is 23.0 Å². The zero-order valence-corrected chi connectivity index (χ0v) is 13.9. The number of nitrogens with one attached hydrogen (secondary N) is 1. The Morgan fingerprint density at radius 3 is 2.62 bits per heavy atom. The van der Waals surface area contributed by atoms with Crippen LogP contribution in [-0.2, 0) is 0 Å². The summed E-state index contributed by atoms with van der Waals surface area (Å²) in [6.45, 7) is 1.98. The lowest BCUT2D eigenvalue weighted by atomic mass is 10.2. The Kier molecular flexibility index (Phi) is 4.84. The fourth-order valence-electron chi connectivity index (χ4n) is 2.77. The summed E-state index contributed by atoms with van der Waals surface area (Å²) in [7, 11) is 3.14. The highest BCUT2D eigenvalue weighted by molar-refractivity contribution is 6.04. The average Bonchev–Trinajstić information content (AvgIpc) is 3.16. The van der Waals surface area contributed by atoms with E-state index in [-0.39, 0.29) is 5.91 Å². The number of amides is 1.